The summed E-state index contributed by atoms with van der Waals surface area (Å²) in [4.78, 5) is 76.0. The summed E-state index contributed by atoms with van der Waals surface area (Å²) in [5.41, 5.74) is -2.04. The van der Waals surface area contributed by atoms with E-state index in [-0.39, 0.29) is 53.3 Å². The molecule has 0 saturated carbocycles. The minimum absolute atomic E-state index is 0.0153. The quantitative estimate of drug-likeness (QED) is 0.0286. The topological polar surface area (TPSA) is 270 Å². The van der Waals surface area contributed by atoms with Crippen molar-refractivity contribution < 1.29 is 65.4 Å². The van der Waals surface area contributed by atoms with E-state index in [0.717, 1.165) is 6.07 Å². The number of halogens is 3. The minimum atomic E-state index is -4.83. The number of aromatic amines is 1. The van der Waals surface area contributed by atoms with Gasteiger partial charge in [0.05, 0.1) is 41.9 Å². The molecule has 0 radical (unpaired) electrons. The van der Waals surface area contributed by atoms with Crippen molar-refractivity contribution >= 4 is 60.1 Å². The van der Waals surface area contributed by atoms with Gasteiger partial charge in [0.2, 0.25) is 5.95 Å². The van der Waals surface area contributed by atoms with E-state index < -0.39 is 73.0 Å². The molecule has 0 aliphatic rings. The Kier molecular flexibility index (Phi) is 13.9. The number of carbonyl (C=O) groups excluding carboxylic acids is 2. The summed E-state index contributed by atoms with van der Waals surface area (Å²) in [6.45, 7) is -0.346. The van der Waals surface area contributed by atoms with Crippen LogP contribution in [0.25, 0.3) is 11.2 Å². The van der Waals surface area contributed by atoms with Crippen LogP contribution in [0.4, 0.5) is 30.5 Å². The Bertz CT molecular complexity index is 2640. The summed E-state index contributed by atoms with van der Waals surface area (Å²) in [6.07, 6.45) is 8.91. The number of hydrogen-bond acceptors (Lipinski definition) is 15. The Balaban J connectivity index is 1.27. The standard InChI is InChI=1S/C38H29F3N7O12P/c1-3-57-61(56,58-4-2)59-20-21-5-12-26(13-6-21)60-36(55)27-14-9-23(38(39,40)41)17-29(27)46-37-47-32-31(34(52)48-37)44-25(19-43-32)18-42-24-10-7-22(8-11-24)33(51)45-28(35(53)54)15-16-30(49)50/h1-2,5-14,17,19,28,42H,15-16,18,20H2,(H,45,51)(H,49,50)(H,53,54)(H2,43,46,47,48,52)/t28-/m0/s1. The number of anilines is 3. The number of nitrogens with zero attached hydrogens (tertiary/aromatic N) is 3. The highest BCUT2D eigenvalue weighted by molar-refractivity contribution is 7.48. The van der Waals surface area contributed by atoms with Gasteiger partial charge in [-0.15, -0.1) is 0 Å². The van der Waals surface area contributed by atoms with Gasteiger partial charge in [-0.3, -0.25) is 23.9 Å². The van der Waals surface area contributed by atoms with Crippen molar-refractivity contribution in [3.8, 4) is 30.8 Å². The van der Waals surface area contributed by atoms with E-state index in [1.807, 2.05) is 0 Å². The second-order valence-electron chi connectivity index (χ2n) is 12.2. The van der Waals surface area contributed by atoms with Gasteiger partial charge in [-0.1, -0.05) is 25.0 Å². The lowest BCUT2D eigenvalue weighted by atomic mass is 10.1. The van der Waals surface area contributed by atoms with Crippen molar-refractivity contribution in [1.29, 1.82) is 0 Å². The fourth-order valence-corrected chi connectivity index (χ4v) is 5.80. The molecule has 61 heavy (non-hydrogen) atoms. The predicted octanol–water partition coefficient (Wildman–Crippen LogP) is 5.19. The fourth-order valence-electron chi connectivity index (χ4n) is 5.10. The van der Waals surface area contributed by atoms with Crippen LogP contribution in [0.1, 0.15) is 50.4 Å². The molecule has 6 N–H and O–H groups in total. The number of H-pyrrole nitrogens is 1. The molecule has 2 heterocycles. The highest BCUT2D eigenvalue weighted by atomic mass is 31.2. The van der Waals surface area contributed by atoms with Crippen molar-refractivity contribution in [3.63, 3.8) is 0 Å². The number of hydrogen-bond donors (Lipinski definition) is 6. The maximum Gasteiger partial charge on any atom is 0.605 e. The lowest BCUT2D eigenvalue weighted by molar-refractivity contribution is -0.141. The molecule has 0 spiro atoms. The largest absolute Gasteiger partial charge is 0.605 e. The SMILES string of the molecule is C#COP(=O)(OC#C)OCc1ccc(OC(=O)c2ccc(C(F)(F)F)cc2Nc2nc3ncc(CNc4ccc(C(=O)N[C@@H](CCC(=O)O)C(=O)O)cc4)nc3c(=O)[nH]2)cc1. The van der Waals surface area contributed by atoms with E-state index in [1.54, 1.807) is 12.2 Å². The second kappa shape index (κ2) is 19.2. The van der Waals surface area contributed by atoms with Gasteiger partial charge >= 0.3 is 31.9 Å². The zero-order valence-corrected chi connectivity index (χ0v) is 31.8. The lowest BCUT2D eigenvalue weighted by Gasteiger charge is -2.15. The molecule has 0 fully saturated rings. The third-order valence-electron chi connectivity index (χ3n) is 8.01. The highest BCUT2D eigenvalue weighted by Crippen LogP contribution is 2.49. The van der Waals surface area contributed by atoms with E-state index in [4.69, 9.17) is 27.2 Å². The van der Waals surface area contributed by atoms with Crippen molar-refractivity contribution in [3.05, 3.63) is 111 Å². The number of ether oxygens (including phenoxy) is 1. The number of esters is 1. The van der Waals surface area contributed by atoms with E-state index in [0.29, 0.717) is 23.4 Å². The van der Waals surface area contributed by atoms with Crippen molar-refractivity contribution in [1.82, 2.24) is 25.3 Å². The first-order chi connectivity index (χ1) is 29.0. The van der Waals surface area contributed by atoms with Crippen LogP contribution in [0.3, 0.4) is 0 Å². The third-order valence-corrected chi connectivity index (χ3v) is 9.11. The molecule has 314 valence electrons. The lowest BCUT2D eigenvalue weighted by Crippen LogP contribution is -2.41. The molecule has 19 nitrogen and oxygen atoms in total. The van der Waals surface area contributed by atoms with Gasteiger partial charge in [0.25, 0.3) is 11.5 Å². The third kappa shape index (κ3) is 12.0. The molecule has 1 amide bonds. The van der Waals surface area contributed by atoms with Crippen LogP contribution in [0.5, 0.6) is 5.75 Å². The Morgan fingerprint density at radius 2 is 1.64 bits per heavy atom. The predicted molar refractivity (Wildman–Crippen MR) is 206 cm³/mol. The monoisotopic (exact) mass is 863 g/mol. The number of amides is 1. The number of carbonyl (C=O) groups is 4. The van der Waals surface area contributed by atoms with E-state index >= 15 is 0 Å². The molecule has 3 aromatic carbocycles. The number of terminal acetylenes is 2. The summed E-state index contributed by atoms with van der Waals surface area (Å²) >= 11 is 0. The summed E-state index contributed by atoms with van der Waals surface area (Å²) < 4.78 is 72.8. The minimum Gasteiger partial charge on any atom is -0.481 e. The molecule has 0 aliphatic carbocycles. The number of aliphatic carboxylic acids is 2. The van der Waals surface area contributed by atoms with E-state index in [1.165, 1.54) is 54.7 Å². The summed E-state index contributed by atoms with van der Waals surface area (Å²) in [7, 11) is -4.27. The maximum atomic E-state index is 13.7. The van der Waals surface area contributed by atoms with Crippen LogP contribution >= 0.6 is 7.82 Å². The Morgan fingerprint density at radius 1 is 0.951 bits per heavy atom. The first-order valence-corrected chi connectivity index (χ1v) is 18.6. The normalized spacial score (nSPS) is 11.6. The number of benzene rings is 3. The maximum absolute atomic E-state index is 13.7. The van der Waals surface area contributed by atoms with Crippen LogP contribution in [-0.4, -0.2) is 60.0 Å². The molecular weight excluding hydrogens is 834 g/mol. The van der Waals surface area contributed by atoms with E-state index in [2.05, 4.69) is 44.9 Å². The Morgan fingerprint density at radius 3 is 2.26 bits per heavy atom. The summed E-state index contributed by atoms with van der Waals surface area (Å²) in [5.74, 6) is -4.88. The molecule has 1 atom stereocenters. The Hall–Kier alpha value is -7.94. The average Bonchev–Trinajstić information content (AvgIpc) is 3.21. The van der Waals surface area contributed by atoms with Gasteiger partial charge < -0.3 is 39.9 Å². The molecule has 23 heteroatoms. The molecule has 0 unspecified atom stereocenters. The second-order valence-corrected chi connectivity index (χ2v) is 13.7. The number of phosphoric ester groups is 1. The van der Waals surface area contributed by atoms with Crippen LogP contribution in [-0.2, 0) is 47.1 Å². The number of rotatable bonds is 18. The fraction of sp³-hybridized carbons (Fsp3) is 0.158. The van der Waals surface area contributed by atoms with Crippen molar-refractivity contribution in [2.75, 3.05) is 10.6 Å². The highest BCUT2D eigenvalue weighted by Gasteiger charge is 2.32. The first kappa shape index (κ1) is 44.2. The number of nitrogens with one attached hydrogen (secondary N) is 4. The van der Waals surface area contributed by atoms with Gasteiger partial charge in [-0.25, -0.2) is 24.1 Å². The number of phosphoric acid groups is 1. The number of fused-ring (bicyclic) bond motifs is 1. The average molecular weight is 864 g/mol. The van der Waals surface area contributed by atoms with Gasteiger partial charge in [-0.05, 0) is 66.6 Å². The zero-order chi connectivity index (χ0) is 44.3. The van der Waals surface area contributed by atoms with Crippen LogP contribution in [0.2, 0.25) is 0 Å². The van der Waals surface area contributed by atoms with E-state index in [9.17, 15) is 46.8 Å². The van der Waals surface area contributed by atoms with Gasteiger partial charge in [-0.2, -0.15) is 18.2 Å². The van der Waals surface area contributed by atoms with Crippen LogP contribution < -0.4 is 26.2 Å². The number of alkyl halides is 3. The summed E-state index contributed by atoms with van der Waals surface area (Å²) in [6, 6.07) is 11.9. The smallest absolute Gasteiger partial charge is 0.481 e. The molecule has 0 bridgehead atoms. The van der Waals surface area contributed by atoms with Gasteiger partial charge in [0, 0.05) is 17.7 Å². The molecule has 0 saturated heterocycles. The molecule has 5 aromatic rings. The van der Waals surface area contributed by atoms with Crippen LogP contribution in [0.15, 0.2) is 77.7 Å². The number of carboxylic acid groups (broad SMARTS) is 2. The van der Waals surface area contributed by atoms with Crippen LogP contribution in [0, 0.1) is 25.1 Å². The van der Waals surface area contributed by atoms with Gasteiger partial charge in [0.1, 0.15) is 24.0 Å². The molecule has 0 aliphatic heterocycles. The van der Waals surface area contributed by atoms with Crippen molar-refractivity contribution in [2.45, 2.75) is 38.2 Å². The number of aromatic nitrogens is 4. The van der Waals surface area contributed by atoms with Gasteiger partial charge in [0.15, 0.2) is 11.2 Å². The molecule has 5 rings (SSSR count). The summed E-state index contributed by atoms with van der Waals surface area (Å²) in [5, 5.41) is 25.9. The van der Waals surface area contributed by atoms with Crippen molar-refractivity contribution in [2.24, 2.45) is 0 Å². The number of carboxylic acids is 2. The first-order valence-electron chi connectivity index (χ1n) is 17.1. The molecular formula is C38H29F3N7O12P. The zero-order valence-electron chi connectivity index (χ0n) is 30.9. The Labute approximate surface area is 341 Å². The molecule has 2 aromatic heterocycles.